The Hall–Kier alpha value is -3.65. The van der Waals surface area contributed by atoms with Crippen molar-refractivity contribution in [1.82, 2.24) is 25.2 Å². The van der Waals surface area contributed by atoms with Gasteiger partial charge in [0, 0.05) is 11.8 Å². The van der Waals surface area contributed by atoms with Crippen molar-refractivity contribution in [3.63, 3.8) is 0 Å². The van der Waals surface area contributed by atoms with E-state index in [1.165, 1.54) is 11.2 Å². The van der Waals surface area contributed by atoms with Crippen LogP contribution in [-0.2, 0) is 28.5 Å². The number of aromatic nitrogens is 3. The van der Waals surface area contributed by atoms with Gasteiger partial charge in [0.05, 0.1) is 17.6 Å². The molecule has 14 heteroatoms. The van der Waals surface area contributed by atoms with Gasteiger partial charge in [-0.3, -0.25) is 4.90 Å². The molecule has 5 atom stereocenters. The molecule has 0 aliphatic carbocycles. The number of carbonyl (C=O) groups excluding carboxylic acids is 3. The number of fused-ring (bicyclic) bond motifs is 2. The van der Waals surface area contributed by atoms with Crippen LogP contribution < -0.4 is 11.1 Å². The Kier molecular flexibility index (Phi) is 9.09. The number of anilines is 1. The van der Waals surface area contributed by atoms with Crippen molar-refractivity contribution in [1.29, 1.82) is 0 Å². The van der Waals surface area contributed by atoms with Crippen molar-refractivity contribution in [2.24, 2.45) is 5.92 Å². The Morgan fingerprint density at radius 1 is 1.07 bits per heavy atom. The lowest BCUT2D eigenvalue weighted by atomic mass is 10.0. The number of nitrogen functional groups attached to an aromatic ring is 1. The van der Waals surface area contributed by atoms with Crippen LogP contribution in [0.25, 0.3) is 11.0 Å². The maximum absolute atomic E-state index is 13.9. The summed E-state index contributed by atoms with van der Waals surface area (Å²) in [5, 5.41) is 2.63. The van der Waals surface area contributed by atoms with Gasteiger partial charge >= 0.3 is 18.2 Å². The summed E-state index contributed by atoms with van der Waals surface area (Å²) in [6.45, 7) is 17.7. The van der Waals surface area contributed by atoms with E-state index in [1.54, 1.807) is 61.6 Å². The highest BCUT2D eigenvalue weighted by atomic mass is 16.8. The number of nitrogens with zero attached hydrogens (tertiary/aromatic N) is 3. The van der Waals surface area contributed by atoms with Gasteiger partial charge in [-0.05, 0) is 67.7 Å². The zero-order chi connectivity index (χ0) is 32.8. The minimum atomic E-state index is -0.992. The number of alkyl carbamates (subject to hydrolysis) is 1. The molecule has 4 heterocycles. The van der Waals surface area contributed by atoms with Gasteiger partial charge in [-0.15, -0.1) is 0 Å². The molecule has 244 valence electrons. The number of hydrogen-bond acceptors (Lipinski definition) is 11. The number of H-pyrrole nitrogens is 1. The maximum Gasteiger partial charge on any atom is 0.411 e. The highest BCUT2D eigenvalue weighted by molar-refractivity contribution is 5.88. The van der Waals surface area contributed by atoms with Crippen LogP contribution in [0.5, 0.6) is 0 Å². The zero-order valence-corrected chi connectivity index (χ0v) is 27.2. The molecule has 4 N–H and O–H groups in total. The van der Waals surface area contributed by atoms with E-state index >= 15 is 0 Å². The predicted molar refractivity (Wildman–Crippen MR) is 160 cm³/mol. The first-order valence-corrected chi connectivity index (χ1v) is 14.9. The van der Waals surface area contributed by atoms with Crippen LogP contribution >= 0.6 is 0 Å². The van der Waals surface area contributed by atoms with Gasteiger partial charge in [0.1, 0.15) is 47.9 Å². The minimum Gasteiger partial charge on any atom is -0.462 e. The zero-order valence-electron chi connectivity index (χ0n) is 27.2. The lowest BCUT2D eigenvalue weighted by Gasteiger charge is -2.35. The summed E-state index contributed by atoms with van der Waals surface area (Å²) in [5.74, 6) is -1.35. The van der Waals surface area contributed by atoms with Gasteiger partial charge < -0.3 is 39.7 Å². The van der Waals surface area contributed by atoms with Gasteiger partial charge in [-0.25, -0.2) is 24.4 Å². The van der Waals surface area contributed by atoms with Crippen LogP contribution in [0.1, 0.15) is 87.3 Å². The molecule has 2 fully saturated rings. The number of ether oxygens (including phenoxy) is 5. The quantitative estimate of drug-likeness (QED) is 0.299. The van der Waals surface area contributed by atoms with Gasteiger partial charge in [0.15, 0.2) is 11.6 Å². The van der Waals surface area contributed by atoms with E-state index in [9.17, 15) is 14.4 Å². The fraction of sp³-hybridized carbons (Fsp3) is 0.700. The fourth-order valence-corrected chi connectivity index (χ4v) is 5.55. The van der Waals surface area contributed by atoms with Gasteiger partial charge in [0.25, 0.3) is 0 Å². The van der Waals surface area contributed by atoms with Crippen LogP contribution in [0.15, 0.2) is 12.5 Å². The molecule has 4 rings (SSSR count). The van der Waals surface area contributed by atoms with Crippen LogP contribution in [0.2, 0.25) is 0 Å². The number of esters is 1. The standard InChI is InChI=1S/C30H46N6O8/c1-15(2)11-17(35-26(38)43-28(3,4)5)25(37)40-13-18-22-23(42-30(9,10)41-22)21(36(18)27(39)44-29(6,7)8)16-12-32-20-19(16)33-14-34-24(20)31/h12,14-15,17-18,21-23,32H,11,13H2,1-10H3,(H,35,38)(H2,31,33,34)/t17-,18?,21?,22?,23?/m0/s1. The number of nitrogens with one attached hydrogen (secondary N) is 2. The SMILES string of the molecule is CC(C)C[C@H](NC(=O)OC(C)(C)C)C(=O)OCC1C2OC(C)(C)OC2C(c2c[nH]c3c(N)ncnc23)N1C(=O)OC(C)(C)C. The van der Waals surface area contributed by atoms with Crippen molar-refractivity contribution in [3.8, 4) is 0 Å². The molecule has 2 aromatic rings. The molecule has 2 aliphatic heterocycles. The third-order valence-corrected chi connectivity index (χ3v) is 7.03. The number of hydrogen-bond donors (Lipinski definition) is 3. The van der Waals surface area contributed by atoms with Crippen molar-refractivity contribution in [2.45, 2.75) is 123 Å². The minimum absolute atomic E-state index is 0.0599. The van der Waals surface area contributed by atoms with Crippen molar-refractivity contribution < 1.29 is 38.1 Å². The van der Waals surface area contributed by atoms with Crippen LogP contribution in [0.3, 0.4) is 0 Å². The Morgan fingerprint density at radius 3 is 2.32 bits per heavy atom. The number of nitrogens with two attached hydrogens (primary N) is 1. The van der Waals surface area contributed by atoms with Gasteiger partial charge in [-0.1, -0.05) is 13.8 Å². The molecule has 2 amide bonds. The Morgan fingerprint density at radius 2 is 1.70 bits per heavy atom. The number of likely N-dealkylation sites (tertiary alicyclic amines) is 1. The second kappa shape index (κ2) is 12.0. The molecule has 14 nitrogen and oxygen atoms in total. The van der Waals surface area contributed by atoms with E-state index in [4.69, 9.17) is 29.4 Å². The monoisotopic (exact) mass is 618 g/mol. The topological polar surface area (TPSA) is 180 Å². The van der Waals surface area contributed by atoms with Crippen LogP contribution in [0, 0.1) is 5.92 Å². The largest absolute Gasteiger partial charge is 0.462 e. The van der Waals surface area contributed by atoms with E-state index in [1.807, 2.05) is 13.8 Å². The molecule has 44 heavy (non-hydrogen) atoms. The van der Waals surface area contributed by atoms with E-state index in [-0.39, 0.29) is 18.3 Å². The average molecular weight is 619 g/mol. The van der Waals surface area contributed by atoms with Crippen LogP contribution in [-0.4, -0.2) is 85.9 Å². The molecule has 0 saturated carbocycles. The first kappa shape index (κ1) is 33.2. The van der Waals surface area contributed by atoms with E-state index in [0.717, 1.165) is 0 Å². The maximum atomic E-state index is 13.9. The Balaban J connectivity index is 1.68. The lowest BCUT2D eigenvalue weighted by Crippen LogP contribution is -2.49. The highest BCUT2D eigenvalue weighted by Gasteiger charge is 2.61. The molecular formula is C30H46N6O8. The summed E-state index contributed by atoms with van der Waals surface area (Å²) >= 11 is 0. The third kappa shape index (κ3) is 7.52. The first-order valence-electron chi connectivity index (χ1n) is 14.9. The lowest BCUT2D eigenvalue weighted by molar-refractivity contribution is -0.172. The molecule has 4 unspecified atom stereocenters. The molecule has 0 bridgehead atoms. The summed E-state index contributed by atoms with van der Waals surface area (Å²) in [6.07, 6.45) is 0.638. The number of rotatable bonds is 7. The smallest absolute Gasteiger partial charge is 0.411 e. The normalized spacial score (nSPS) is 23.8. The molecule has 2 aliphatic rings. The molecule has 0 spiro atoms. The summed E-state index contributed by atoms with van der Waals surface area (Å²) < 4.78 is 29.7. The molecule has 0 aromatic carbocycles. The predicted octanol–water partition coefficient (Wildman–Crippen LogP) is 4.20. The second-order valence-corrected chi connectivity index (χ2v) is 14.1. The third-order valence-electron chi connectivity index (χ3n) is 7.03. The average Bonchev–Trinajstić information content (AvgIpc) is 3.49. The summed E-state index contributed by atoms with van der Waals surface area (Å²) in [7, 11) is 0. The van der Waals surface area contributed by atoms with Crippen molar-refractivity contribution >= 4 is 35.0 Å². The first-order chi connectivity index (χ1) is 20.3. The summed E-state index contributed by atoms with van der Waals surface area (Å²) in [5.41, 5.74) is 6.17. The second-order valence-electron chi connectivity index (χ2n) is 14.1. The highest BCUT2D eigenvalue weighted by Crippen LogP contribution is 2.49. The molecule has 2 saturated heterocycles. The molecule has 0 radical (unpaired) electrons. The Labute approximate surface area is 257 Å². The molecule has 2 aromatic heterocycles. The number of carbonyl (C=O) groups is 3. The summed E-state index contributed by atoms with van der Waals surface area (Å²) in [6, 6.07) is -2.52. The van der Waals surface area contributed by atoms with Crippen LogP contribution in [0.4, 0.5) is 15.4 Å². The number of amides is 2. The van der Waals surface area contributed by atoms with Crippen molar-refractivity contribution in [3.05, 3.63) is 18.1 Å². The van der Waals surface area contributed by atoms with Gasteiger partial charge in [-0.2, -0.15) is 0 Å². The van der Waals surface area contributed by atoms with E-state index in [2.05, 4.69) is 20.3 Å². The number of aromatic amines is 1. The van der Waals surface area contributed by atoms with E-state index < -0.39 is 65.5 Å². The van der Waals surface area contributed by atoms with E-state index in [0.29, 0.717) is 23.0 Å². The summed E-state index contributed by atoms with van der Waals surface area (Å²) in [4.78, 5) is 53.0. The van der Waals surface area contributed by atoms with Gasteiger partial charge in [0.2, 0.25) is 0 Å². The Bertz CT molecular complexity index is 1380. The van der Waals surface area contributed by atoms with Crippen molar-refractivity contribution in [2.75, 3.05) is 12.3 Å². The molecular weight excluding hydrogens is 572 g/mol. The fourth-order valence-electron chi connectivity index (χ4n) is 5.55.